The fourth-order valence-electron chi connectivity index (χ4n) is 2.46. The lowest BCUT2D eigenvalue weighted by molar-refractivity contribution is 0.0690. The van der Waals surface area contributed by atoms with Crippen LogP contribution in [0.4, 0.5) is 0 Å². The predicted octanol–water partition coefficient (Wildman–Crippen LogP) is 3.60. The number of benzene rings is 1. The zero-order valence-electron chi connectivity index (χ0n) is 11.4. The molecule has 0 radical (unpaired) electrons. The Morgan fingerprint density at radius 3 is 2.70 bits per heavy atom. The number of nitrogens with one attached hydrogen (secondary N) is 1. The molecule has 1 heterocycles. The monoisotopic (exact) mass is 380 g/mol. The van der Waals surface area contributed by atoms with Crippen molar-refractivity contribution in [2.75, 3.05) is 26.7 Å². The first-order valence-electron chi connectivity index (χ1n) is 6.50. The second-order valence-corrected chi connectivity index (χ2v) is 6.21. The number of piperidine rings is 1. The Balaban J connectivity index is 0.00000200. The minimum absolute atomic E-state index is 0. The van der Waals surface area contributed by atoms with E-state index in [4.69, 9.17) is 11.6 Å². The summed E-state index contributed by atoms with van der Waals surface area (Å²) >= 11 is 9.38. The fourth-order valence-corrected chi connectivity index (χ4v) is 3.05. The second-order valence-electron chi connectivity index (χ2n) is 4.92. The van der Waals surface area contributed by atoms with Gasteiger partial charge in [-0.25, -0.2) is 0 Å². The van der Waals surface area contributed by atoms with Gasteiger partial charge in [0, 0.05) is 22.6 Å². The molecule has 0 saturated carbocycles. The number of carbonyl (C=O) groups is 1. The van der Waals surface area contributed by atoms with Gasteiger partial charge in [0.1, 0.15) is 0 Å². The van der Waals surface area contributed by atoms with Crippen LogP contribution in [0.5, 0.6) is 0 Å². The van der Waals surface area contributed by atoms with Crippen molar-refractivity contribution in [1.82, 2.24) is 10.2 Å². The zero-order chi connectivity index (χ0) is 13.8. The summed E-state index contributed by atoms with van der Waals surface area (Å²) < 4.78 is 0.805. The van der Waals surface area contributed by atoms with Crippen molar-refractivity contribution in [2.45, 2.75) is 12.8 Å². The van der Waals surface area contributed by atoms with Gasteiger partial charge in [-0.1, -0.05) is 11.6 Å². The van der Waals surface area contributed by atoms with E-state index in [1.165, 1.54) is 0 Å². The zero-order valence-corrected chi connectivity index (χ0v) is 14.5. The first kappa shape index (κ1) is 17.8. The maximum Gasteiger partial charge on any atom is 0.255 e. The molecule has 1 aliphatic rings. The average molecular weight is 382 g/mol. The highest BCUT2D eigenvalue weighted by molar-refractivity contribution is 9.10. The summed E-state index contributed by atoms with van der Waals surface area (Å²) in [4.78, 5) is 14.4. The quantitative estimate of drug-likeness (QED) is 0.867. The second kappa shape index (κ2) is 8.23. The van der Waals surface area contributed by atoms with Gasteiger partial charge in [0.05, 0.1) is 5.56 Å². The van der Waals surface area contributed by atoms with Gasteiger partial charge in [0.15, 0.2) is 0 Å². The lowest BCUT2D eigenvalue weighted by atomic mass is 9.96. The van der Waals surface area contributed by atoms with Gasteiger partial charge < -0.3 is 10.2 Å². The molecule has 6 heteroatoms. The number of hydrogen-bond donors (Lipinski definition) is 1. The van der Waals surface area contributed by atoms with Crippen LogP contribution < -0.4 is 5.32 Å². The lowest BCUT2D eigenvalue weighted by Gasteiger charge is -2.32. The largest absolute Gasteiger partial charge is 0.339 e. The number of nitrogens with zero attached hydrogens (tertiary/aromatic N) is 1. The third-order valence-corrected chi connectivity index (χ3v) is 4.48. The summed E-state index contributed by atoms with van der Waals surface area (Å²) in [7, 11) is 1.97. The van der Waals surface area contributed by atoms with Gasteiger partial charge >= 0.3 is 0 Å². The smallest absolute Gasteiger partial charge is 0.255 e. The molecule has 1 aromatic carbocycles. The molecule has 0 aromatic heterocycles. The van der Waals surface area contributed by atoms with Crippen LogP contribution in [0.15, 0.2) is 22.7 Å². The Hall–Kier alpha value is -0.290. The molecule has 0 bridgehead atoms. The van der Waals surface area contributed by atoms with E-state index < -0.39 is 0 Å². The first-order chi connectivity index (χ1) is 9.11. The van der Waals surface area contributed by atoms with Crippen LogP contribution in [-0.2, 0) is 0 Å². The van der Waals surface area contributed by atoms with Gasteiger partial charge in [-0.2, -0.15) is 0 Å². The molecular weight excluding hydrogens is 363 g/mol. The maximum atomic E-state index is 12.5. The molecule has 1 N–H and O–H groups in total. The molecular formula is C14H19BrCl2N2O. The van der Waals surface area contributed by atoms with Crippen molar-refractivity contribution in [2.24, 2.45) is 5.92 Å². The molecule has 0 atom stereocenters. The summed E-state index contributed by atoms with van der Waals surface area (Å²) in [6, 6.07) is 5.33. The Kier molecular flexibility index (Phi) is 7.30. The van der Waals surface area contributed by atoms with Crippen LogP contribution in [0.2, 0.25) is 5.02 Å². The van der Waals surface area contributed by atoms with Crippen molar-refractivity contribution >= 4 is 45.8 Å². The van der Waals surface area contributed by atoms with Gasteiger partial charge in [-0.15, -0.1) is 12.4 Å². The van der Waals surface area contributed by atoms with E-state index in [1.54, 1.807) is 12.1 Å². The molecule has 2 rings (SSSR count). The maximum absolute atomic E-state index is 12.5. The molecule has 1 saturated heterocycles. The predicted molar refractivity (Wildman–Crippen MR) is 89.0 cm³/mol. The number of likely N-dealkylation sites (tertiary alicyclic amines) is 1. The number of halogens is 3. The minimum Gasteiger partial charge on any atom is -0.339 e. The lowest BCUT2D eigenvalue weighted by Crippen LogP contribution is -2.40. The van der Waals surface area contributed by atoms with E-state index in [0.29, 0.717) is 16.5 Å². The Labute approximate surface area is 139 Å². The summed E-state index contributed by atoms with van der Waals surface area (Å²) in [5, 5.41) is 3.80. The summed E-state index contributed by atoms with van der Waals surface area (Å²) in [6.45, 7) is 2.68. The molecule has 0 spiro atoms. The van der Waals surface area contributed by atoms with Crippen LogP contribution >= 0.6 is 39.9 Å². The van der Waals surface area contributed by atoms with Crippen LogP contribution in [0.3, 0.4) is 0 Å². The molecule has 1 aliphatic heterocycles. The number of hydrogen-bond acceptors (Lipinski definition) is 2. The van der Waals surface area contributed by atoms with Gasteiger partial charge in [-0.3, -0.25) is 4.79 Å². The van der Waals surface area contributed by atoms with E-state index >= 15 is 0 Å². The standard InChI is InChI=1S/C14H18BrClN2O.ClH/c1-17-9-10-4-6-18(7-5-10)14(19)12-8-11(16)2-3-13(12)15;/h2-3,8,10,17H,4-7,9H2,1H3;1H. The summed E-state index contributed by atoms with van der Waals surface area (Å²) in [5.74, 6) is 0.745. The van der Waals surface area contributed by atoms with Crippen molar-refractivity contribution in [3.05, 3.63) is 33.3 Å². The summed E-state index contributed by atoms with van der Waals surface area (Å²) in [5.41, 5.74) is 0.652. The normalized spacial score (nSPS) is 15.8. The highest BCUT2D eigenvalue weighted by Crippen LogP contribution is 2.25. The molecule has 3 nitrogen and oxygen atoms in total. The SMILES string of the molecule is CNCC1CCN(C(=O)c2cc(Cl)ccc2Br)CC1.Cl. The molecule has 1 fully saturated rings. The fraction of sp³-hybridized carbons (Fsp3) is 0.500. The van der Waals surface area contributed by atoms with Gasteiger partial charge in [-0.05, 0) is 66.5 Å². The van der Waals surface area contributed by atoms with E-state index in [0.717, 1.165) is 36.9 Å². The number of carbonyl (C=O) groups excluding carboxylic acids is 1. The average Bonchev–Trinajstić information content (AvgIpc) is 2.42. The molecule has 20 heavy (non-hydrogen) atoms. The van der Waals surface area contributed by atoms with Crippen molar-refractivity contribution in [3.63, 3.8) is 0 Å². The van der Waals surface area contributed by atoms with Crippen molar-refractivity contribution in [1.29, 1.82) is 0 Å². The van der Waals surface area contributed by atoms with Crippen LogP contribution in [0, 0.1) is 5.92 Å². The van der Waals surface area contributed by atoms with E-state index in [9.17, 15) is 4.79 Å². The van der Waals surface area contributed by atoms with Crippen LogP contribution in [-0.4, -0.2) is 37.5 Å². The molecule has 112 valence electrons. The summed E-state index contributed by atoms with van der Waals surface area (Å²) in [6.07, 6.45) is 2.12. The molecule has 0 aliphatic carbocycles. The van der Waals surface area contributed by atoms with Crippen LogP contribution in [0.25, 0.3) is 0 Å². The van der Waals surface area contributed by atoms with Crippen molar-refractivity contribution < 1.29 is 4.79 Å². The van der Waals surface area contributed by atoms with Gasteiger partial charge in [0.2, 0.25) is 0 Å². The topological polar surface area (TPSA) is 32.3 Å². The van der Waals surface area contributed by atoms with Crippen LogP contribution in [0.1, 0.15) is 23.2 Å². The Bertz CT molecular complexity index is 462. The third-order valence-electron chi connectivity index (χ3n) is 3.55. The minimum atomic E-state index is 0. The first-order valence-corrected chi connectivity index (χ1v) is 7.68. The Morgan fingerprint density at radius 1 is 1.45 bits per heavy atom. The molecule has 1 aromatic rings. The van der Waals surface area contributed by atoms with Gasteiger partial charge in [0.25, 0.3) is 5.91 Å². The van der Waals surface area contributed by atoms with E-state index in [1.807, 2.05) is 18.0 Å². The molecule has 0 unspecified atom stereocenters. The van der Waals surface area contributed by atoms with E-state index in [2.05, 4.69) is 21.2 Å². The van der Waals surface area contributed by atoms with E-state index in [-0.39, 0.29) is 18.3 Å². The number of amides is 1. The third kappa shape index (κ3) is 4.35. The highest BCUT2D eigenvalue weighted by atomic mass is 79.9. The van der Waals surface area contributed by atoms with Crippen molar-refractivity contribution in [3.8, 4) is 0 Å². The Morgan fingerprint density at radius 2 is 2.10 bits per heavy atom. The molecule has 1 amide bonds. The number of rotatable bonds is 3. The highest BCUT2D eigenvalue weighted by Gasteiger charge is 2.24.